The normalized spacial score (nSPS) is 12.2. The largest absolute Gasteiger partial charge is 0.384 e. The van der Waals surface area contributed by atoms with Gasteiger partial charge in [-0.1, -0.05) is 31.2 Å². The highest BCUT2D eigenvalue weighted by Crippen LogP contribution is 2.06. The molecule has 1 N–H and O–H groups in total. The van der Waals surface area contributed by atoms with Gasteiger partial charge in [0.15, 0.2) is 0 Å². The van der Waals surface area contributed by atoms with Gasteiger partial charge in [-0.25, -0.2) is 0 Å². The van der Waals surface area contributed by atoms with E-state index in [0.29, 0.717) is 6.54 Å². The van der Waals surface area contributed by atoms with Crippen LogP contribution in [0.4, 0.5) is 0 Å². The van der Waals surface area contributed by atoms with E-state index in [4.69, 9.17) is 5.11 Å². The number of hydrogen-bond donors (Lipinski definition) is 1. The summed E-state index contributed by atoms with van der Waals surface area (Å²) in [6.45, 7) is 4.26. The highest BCUT2D eigenvalue weighted by atomic mass is 16.3. The standard InChI is InChI=1S/C14H21NO2/c1-4-12-5-7-13(8-6-12)9-10-15(3)14(17)11(2)16/h5-8,11,16H,4,9-10H2,1-3H3. The van der Waals surface area contributed by atoms with Crippen molar-refractivity contribution in [2.24, 2.45) is 0 Å². The van der Waals surface area contributed by atoms with Crippen molar-refractivity contribution < 1.29 is 9.90 Å². The van der Waals surface area contributed by atoms with E-state index in [1.165, 1.54) is 18.1 Å². The maximum absolute atomic E-state index is 11.4. The lowest BCUT2D eigenvalue weighted by Gasteiger charge is -2.18. The second kappa shape index (κ2) is 6.40. The first kappa shape index (κ1) is 13.7. The topological polar surface area (TPSA) is 40.5 Å². The molecule has 1 unspecified atom stereocenters. The summed E-state index contributed by atoms with van der Waals surface area (Å²) in [5.74, 6) is -0.227. The summed E-state index contributed by atoms with van der Waals surface area (Å²) in [6.07, 6.45) is 0.946. The number of hydrogen-bond acceptors (Lipinski definition) is 2. The number of carbonyl (C=O) groups is 1. The fraction of sp³-hybridized carbons (Fsp3) is 0.500. The van der Waals surface area contributed by atoms with E-state index in [-0.39, 0.29) is 5.91 Å². The Hall–Kier alpha value is -1.35. The van der Waals surface area contributed by atoms with Gasteiger partial charge in [0.1, 0.15) is 6.10 Å². The lowest BCUT2D eigenvalue weighted by Crippen LogP contribution is -2.35. The van der Waals surface area contributed by atoms with E-state index < -0.39 is 6.10 Å². The Morgan fingerprint density at radius 2 is 1.82 bits per heavy atom. The Morgan fingerprint density at radius 1 is 1.29 bits per heavy atom. The minimum absolute atomic E-state index is 0.227. The highest BCUT2D eigenvalue weighted by molar-refractivity contribution is 5.79. The maximum atomic E-state index is 11.4. The molecule has 1 amide bonds. The molecule has 1 aromatic rings. The smallest absolute Gasteiger partial charge is 0.250 e. The zero-order valence-corrected chi connectivity index (χ0v) is 10.8. The monoisotopic (exact) mass is 235 g/mol. The molecule has 1 aromatic carbocycles. The van der Waals surface area contributed by atoms with E-state index in [9.17, 15) is 4.79 Å². The molecule has 0 radical (unpaired) electrons. The predicted octanol–water partition coefficient (Wildman–Crippen LogP) is 1.63. The number of aryl methyl sites for hydroxylation is 1. The summed E-state index contributed by atoms with van der Waals surface area (Å²) in [5.41, 5.74) is 2.54. The number of benzene rings is 1. The van der Waals surface area contributed by atoms with Gasteiger partial charge in [0.2, 0.25) is 0 Å². The molecule has 0 spiro atoms. The molecule has 3 nitrogen and oxygen atoms in total. The molecule has 0 aliphatic rings. The molecule has 94 valence electrons. The van der Waals surface area contributed by atoms with Crippen LogP contribution >= 0.6 is 0 Å². The van der Waals surface area contributed by atoms with Crippen LogP contribution in [0.2, 0.25) is 0 Å². The van der Waals surface area contributed by atoms with E-state index in [1.807, 2.05) is 0 Å². The van der Waals surface area contributed by atoms with Gasteiger partial charge < -0.3 is 10.0 Å². The molecule has 0 heterocycles. The zero-order valence-electron chi connectivity index (χ0n) is 10.8. The number of nitrogens with zero attached hydrogens (tertiary/aromatic N) is 1. The molecule has 0 aromatic heterocycles. The third kappa shape index (κ3) is 4.19. The Bertz CT molecular complexity index is 357. The molecule has 0 aliphatic carbocycles. The lowest BCUT2D eigenvalue weighted by atomic mass is 10.1. The Morgan fingerprint density at radius 3 is 2.29 bits per heavy atom. The maximum Gasteiger partial charge on any atom is 0.250 e. The van der Waals surface area contributed by atoms with Crippen LogP contribution in [0.3, 0.4) is 0 Å². The average molecular weight is 235 g/mol. The molecule has 0 fully saturated rings. The van der Waals surface area contributed by atoms with Gasteiger partial charge in [-0.05, 0) is 30.9 Å². The van der Waals surface area contributed by atoms with Crippen LogP contribution in [-0.4, -0.2) is 35.6 Å². The summed E-state index contributed by atoms with van der Waals surface area (Å²) >= 11 is 0. The minimum atomic E-state index is -0.914. The van der Waals surface area contributed by atoms with Crippen molar-refractivity contribution >= 4 is 5.91 Å². The van der Waals surface area contributed by atoms with E-state index >= 15 is 0 Å². The van der Waals surface area contributed by atoms with Crippen molar-refractivity contribution in [1.29, 1.82) is 0 Å². The summed E-state index contributed by atoms with van der Waals surface area (Å²) < 4.78 is 0. The molecule has 0 saturated carbocycles. The second-order valence-corrected chi connectivity index (χ2v) is 4.36. The molecule has 1 rings (SSSR count). The Kier molecular flexibility index (Phi) is 5.16. The molecule has 0 saturated heterocycles. The first-order valence-corrected chi connectivity index (χ1v) is 6.05. The third-order valence-electron chi connectivity index (χ3n) is 2.90. The summed E-state index contributed by atoms with van der Waals surface area (Å²) in [6, 6.07) is 8.43. The molecule has 17 heavy (non-hydrogen) atoms. The highest BCUT2D eigenvalue weighted by Gasteiger charge is 2.13. The van der Waals surface area contributed by atoms with Crippen molar-refractivity contribution in [3.05, 3.63) is 35.4 Å². The lowest BCUT2D eigenvalue weighted by molar-refractivity contribution is -0.137. The van der Waals surface area contributed by atoms with E-state index in [2.05, 4.69) is 31.2 Å². The first-order valence-electron chi connectivity index (χ1n) is 6.05. The van der Waals surface area contributed by atoms with Crippen molar-refractivity contribution in [3.63, 3.8) is 0 Å². The molecule has 0 aliphatic heterocycles. The van der Waals surface area contributed by atoms with Crippen LogP contribution in [0.1, 0.15) is 25.0 Å². The zero-order chi connectivity index (χ0) is 12.8. The SMILES string of the molecule is CCc1ccc(CCN(C)C(=O)C(C)O)cc1. The number of aliphatic hydroxyl groups is 1. The Balaban J connectivity index is 2.47. The summed E-state index contributed by atoms with van der Waals surface area (Å²) in [7, 11) is 1.72. The first-order chi connectivity index (χ1) is 8.04. The van der Waals surface area contributed by atoms with Crippen LogP contribution < -0.4 is 0 Å². The fourth-order valence-electron chi connectivity index (χ4n) is 1.67. The van der Waals surface area contributed by atoms with Crippen molar-refractivity contribution in [2.75, 3.05) is 13.6 Å². The molecule has 0 bridgehead atoms. The van der Waals surface area contributed by atoms with Gasteiger partial charge in [0.25, 0.3) is 5.91 Å². The van der Waals surface area contributed by atoms with Crippen LogP contribution in [0, 0.1) is 0 Å². The van der Waals surface area contributed by atoms with Crippen LogP contribution in [0.5, 0.6) is 0 Å². The predicted molar refractivity (Wildman–Crippen MR) is 68.8 cm³/mol. The number of likely N-dealkylation sites (N-methyl/N-ethyl adjacent to an activating group) is 1. The number of rotatable bonds is 5. The molecule has 1 atom stereocenters. The third-order valence-corrected chi connectivity index (χ3v) is 2.90. The van der Waals surface area contributed by atoms with Crippen molar-refractivity contribution in [2.45, 2.75) is 32.8 Å². The molecular weight excluding hydrogens is 214 g/mol. The van der Waals surface area contributed by atoms with Gasteiger partial charge in [-0.3, -0.25) is 4.79 Å². The molecule has 3 heteroatoms. The number of amides is 1. The van der Waals surface area contributed by atoms with Gasteiger partial charge in [0.05, 0.1) is 0 Å². The van der Waals surface area contributed by atoms with Gasteiger partial charge in [0, 0.05) is 13.6 Å². The Labute approximate surface area is 103 Å². The molecular formula is C14H21NO2. The summed E-state index contributed by atoms with van der Waals surface area (Å²) in [5, 5.41) is 9.17. The average Bonchev–Trinajstić information content (AvgIpc) is 2.35. The number of aliphatic hydroxyl groups excluding tert-OH is 1. The van der Waals surface area contributed by atoms with Gasteiger partial charge in [-0.15, -0.1) is 0 Å². The van der Waals surface area contributed by atoms with Crippen LogP contribution in [0.25, 0.3) is 0 Å². The van der Waals surface area contributed by atoms with Gasteiger partial charge in [-0.2, -0.15) is 0 Å². The van der Waals surface area contributed by atoms with E-state index in [1.54, 1.807) is 11.9 Å². The second-order valence-electron chi connectivity index (χ2n) is 4.36. The van der Waals surface area contributed by atoms with Crippen LogP contribution in [0.15, 0.2) is 24.3 Å². The minimum Gasteiger partial charge on any atom is -0.384 e. The van der Waals surface area contributed by atoms with Gasteiger partial charge >= 0.3 is 0 Å². The summed E-state index contributed by atoms with van der Waals surface area (Å²) in [4.78, 5) is 13.0. The van der Waals surface area contributed by atoms with Crippen molar-refractivity contribution in [1.82, 2.24) is 4.90 Å². The van der Waals surface area contributed by atoms with Crippen LogP contribution in [-0.2, 0) is 17.6 Å². The fourth-order valence-corrected chi connectivity index (χ4v) is 1.67. The number of carbonyl (C=O) groups excluding carboxylic acids is 1. The van der Waals surface area contributed by atoms with E-state index in [0.717, 1.165) is 12.8 Å². The van der Waals surface area contributed by atoms with Crippen molar-refractivity contribution in [3.8, 4) is 0 Å². The quantitative estimate of drug-likeness (QED) is 0.842.